The van der Waals surface area contributed by atoms with Crippen molar-refractivity contribution >= 4 is 11.7 Å². The number of ether oxygens (including phenoxy) is 1. The molecule has 0 saturated heterocycles. The summed E-state index contributed by atoms with van der Waals surface area (Å²) in [6.45, 7) is 4.10. The van der Waals surface area contributed by atoms with E-state index in [2.05, 4.69) is 0 Å². The lowest BCUT2D eigenvalue weighted by Gasteiger charge is -2.19. The van der Waals surface area contributed by atoms with Gasteiger partial charge < -0.3 is 9.64 Å². The molecular weight excluding hydrogens is 302 g/mol. The minimum atomic E-state index is -0.0281. The molecule has 126 valence electrons. The normalized spacial score (nSPS) is 10.3. The van der Waals surface area contributed by atoms with Gasteiger partial charge in [-0.15, -0.1) is 0 Å². The Morgan fingerprint density at radius 3 is 2.42 bits per heavy atom. The number of hydrogen-bond acceptors (Lipinski definition) is 3. The van der Waals surface area contributed by atoms with Gasteiger partial charge in [0.1, 0.15) is 5.75 Å². The minimum Gasteiger partial charge on any atom is -0.496 e. The maximum absolute atomic E-state index is 12.6. The summed E-state index contributed by atoms with van der Waals surface area (Å²) in [5.74, 6) is 0.578. The van der Waals surface area contributed by atoms with Gasteiger partial charge in [0.15, 0.2) is 5.78 Å². The van der Waals surface area contributed by atoms with E-state index in [4.69, 9.17) is 4.74 Å². The topological polar surface area (TPSA) is 46.6 Å². The van der Waals surface area contributed by atoms with Gasteiger partial charge in [-0.1, -0.05) is 24.3 Å². The molecule has 4 nitrogen and oxygen atoms in total. The van der Waals surface area contributed by atoms with Crippen molar-refractivity contribution in [2.24, 2.45) is 0 Å². The van der Waals surface area contributed by atoms with Crippen molar-refractivity contribution in [2.75, 3.05) is 14.2 Å². The summed E-state index contributed by atoms with van der Waals surface area (Å²) in [4.78, 5) is 25.8. The molecule has 4 heteroatoms. The first-order chi connectivity index (χ1) is 11.4. The first-order valence-electron chi connectivity index (χ1n) is 7.88. The molecule has 2 aromatic carbocycles. The molecule has 0 bridgehead atoms. The van der Waals surface area contributed by atoms with Gasteiger partial charge in [-0.25, -0.2) is 0 Å². The summed E-state index contributed by atoms with van der Waals surface area (Å²) in [7, 11) is 3.35. The number of hydrogen-bond donors (Lipinski definition) is 0. The lowest BCUT2D eigenvalue weighted by Crippen LogP contribution is -2.28. The van der Waals surface area contributed by atoms with Crippen LogP contribution in [0.5, 0.6) is 5.75 Å². The highest BCUT2D eigenvalue weighted by Gasteiger charge is 2.15. The summed E-state index contributed by atoms with van der Waals surface area (Å²) in [5, 5.41) is 0. The van der Waals surface area contributed by atoms with Gasteiger partial charge in [-0.2, -0.15) is 0 Å². The fraction of sp³-hybridized carbons (Fsp3) is 0.300. The van der Waals surface area contributed by atoms with E-state index in [0.29, 0.717) is 17.9 Å². The van der Waals surface area contributed by atoms with Crippen molar-refractivity contribution in [3.8, 4) is 5.75 Å². The number of methoxy groups -OCH3 is 1. The largest absolute Gasteiger partial charge is 0.496 e. The van der Waals surface area contributed by atoms with Crippen LogP contribution in [0.2, 0.25) is 0 Å². The number of benzene rings is 2. The lowest BCUT2D eigenvalue weighted by atomic mass is 10.0. The highest BCUT2D eigenvalue weighted by atomic mass is 16.5. The van der Waals surface area contributed by atoms with Gasteiger partial charge in [-0.05, 0) is 43.2 Å². The van der Waals surface area contributed by atoms with Crippen LogP contribution < -0.4 is 4.74 Å². The Morgan fingerprint density at radius 2 is 1.79 bits per heavy atom. The van der Waals surface area contributed by atoms with E-state index < -0.39 is 0 Å². The average Bonchev–Trinajstić information content (AvgIpc) is 2.56. The monoisotopic (exact) mass is 325 g/mol. The molecule has 0 aliphatic heterocycles. The third-order valence-corrected chi connectivity index (χ3v) is 4.12. The Morgan fingerprint density at radius 1 is 1.08 bits per heavy atom. The molecule has 0 atom stereocenters. The molecule has 1 amide bonds. The molecule has 0 saturated carbocycles. The number of likely N-dealkylation sites (N-methyl/N-ethyl adjacent to an activating group) is 1. The Labute approximate surface area is 143 Å². The van der Waals surface area contributed by atoms with Crippen LogP contribution in [-0.4, -0.2) is 30.7 Å². The lowest BCUT2D eigenvalue weighted by molar-refractivity contribution is -0.129. The molecular formula is C20H23NO3. The molecule has 0 fully saturated rings. The standard InChI is InChI=1S/C20H23NO3/c1-14-7-5-6-8-17(14)13-21(3)20(23)12-18-11-16(15(2)22)9-10-19(18)24-4/h5-11H,12-13H2,1-4H3. The molecule has 2 aromatic rings. The number of ketones is 1. The Balaban J connectivity index is 2.15. The Kier molecular flexibility index (Phi) is 5.74. The van der Waals surface area contributed by atoms with Crippen LogP contribution in [0.25, 0.3) is 0 Å². The van der Waals surface area contributed by atoms with Crippen LogP contribution >= 0.6 is 0 Å². The van der Waals surface area contributed by atoms with E-state index in [1.807, 2.05) is 31.2 Å². The zero-order valence-corrected chi connectivity index (χ0v) is 14.6. The zero-order chi connectivity index (χ0) is 17.7. The fourth-order valence-electron chi connectivity index (χ4n) is 2.56. The third kappa shape index (κ3) is 4.22. The molecule has 0 spiro atoms. The predicted octanol–water partition coefficient (Wildman–Crippen LogP) is 3.41. The van der Waals surface area contributed by atoms with E-state index >= 15 is 0 Å². The molecule has 0 heterocycles. The molecule has 0 N–H and O–H groups in total. The number of nitrogens with zero attached hydrogens (tertiary/aromatic N) is 1. The molecule has 0 aliphatic rings. The number of rotatable bonds is 6. The SMILES string of the molecule is COc1ccc(C(C)=O)cc1CC(=O)N(C)Cc1ccccc1C. The van der Waals surface area contributed by atoms with Crippen LogP contribution in [-0.2, 0) is 17.8 Å². The van der Waals surface area contributed by atoms with Gasteiger partial charge in [-0.3, -0.25) is 9.59 Å². The fourth-order valence-corrected chi connectivity index (χ4v) is 2.56. The van der Waals surface area contributed by atoms with Gasteiger partial charge in [0.2, 0.25) is 5.91 Å². The second kappa shape index (κ2) is 7.77. The second-order valence-electron chi connectivity index (χ2n) is 5.94. The maximum atomic E-state index is 12.6. The molecule has 0 unspecified atom stereocenters. The Hall–Kier alpha value is -2.62. The van der Waals surface area contributed by atoms with Crippen molar-refractivity contribution in [2.45, 2.75) is 26.8 Å². The number of carbonyl (C=O) groups excluding carboxylic acids is 2. The number of amides is 1. The smallest absolute Gasteiger partial charge is 0.227 e. The minimum absolute atomic E-state index is 0.0164. The number of carbonyl (C=O) groups is 2. The number of aryl methyl sites for hydroxylation is 1. The van der Waals surface area contributed by atoms with Crippen LogP contribution in [0, 0.1) is 6.92 Å². The van der Waals surface area contributed by atoms with E-state index in [9.17, 15) is 9.59 Å². The van der Waals surface area contributed by atoms with Crippen molar-refractivity contribution in [3.05, 3.63) is 64.7 Å². The van der Waals surface area contributed by atoms with Crippen LogP contribution in [0.15, 0.2) is 42.5 Å². The zero-order valence-electron chi connectivity index (χ0n) is 14.6. The van der Waals surface area contributed by atoms with Gasteiger partial charge in [0.05, 0.1) is 13.5 Å². The van der Waals surface area contributed by atoms with Crippen LogP contribution in [0.4, 0.5) is 0 Å². The quantitative estimate of drug-likeness (QED) is 0.765. The van der Waals surface area contributed by atoms with Crippen molar-refractivity contribution < 1.29 is 14.3 Å². The summed E-state index contributed by atoms with van der Waals surface area (Å²) < 4.78 is 5.32. The Bertz CT molecular complexity index is 752. The maximum Gasteiger partial charge on any atom is 0.227 e. The molecule has 24 heavy (non-hydrogen) atoms. The molecule has 2 rings (SSSR count). The van der Waals surface area contributed by atoms with Gasteiger partial charge in [0.25, 0.3) is 0 Å². The van der Waals surface area contributed by atoms with E-state index in [0.717, 1.165) is 16.7 Å². The first-order valence-corrected chi connectivity index (χ1v) is 7.88. The molecule has 0 aromatic heterocycles. The highest BCUT2D eigenvalue weighted by Crippen LogP contribution is 2.22. The van der Waals surface area contributed by atoms with Crippen LogP contribution in [0.1, 0.15) is 34.0 Å². The summed E-state index contributed by atoms with van der Waals surface area (Å²) in [6, 6.07) is 13.2. The van der Waals surface area contributed by atoms with Gasteiger partial charge >= 0.3 is 0 Å². The van der Waals surface area contributed by atoms with E-state index in [1.54, 1.807) is 37.3 Å². The molecule has 0 radical (unpaired) electrons. The second-order valence-corrected chi connectivity index (χ2v) is 5.94. The summed E-state index contributed by atoms with van der Waals surface area (Å²) >= 11 is 0. The highest BCUT2D eigenvalue weighted by molar-refractivity contribution is 5.94. The summed E-state index contributed by atoms with van der Waals surface area (Å²) in [5.41, 5.74) is 3.60. The predicted molar refractivity (Wildman–Crippen MR) is 94.4 cm³/mol. The van der Waals surface area contributed by atoms with Crippen molar-refractivity contribution in [1.29, 1.82) is 0 Å². The first kappa shape index (κ1) is 17.7. The van der Waals surface area contributed by atoms with Crippen molar-refractivity contribution in [3.63, 3.8) is 0 Å². The van der Waals surface area contributed by atoms with Gasteiger partial charge in [0, 0.05) is 24.7 Å². The number of Topliss-reactive ketones (excluding diaryl/α,β-unsaturated/α-hetero) is 1. The average molecular weight is 325 g/mol. The van der Waals surface area contributed by atoms with Crippen molar-refractivity contribution in [1.82, 2.24) is 4.90 Å². The third-order valence-electron chi connectivity index (χ3n) is 4.12. The van der Waals surface area contributed by atoms with Crippen LogP contribution in [0.3, 0.4) is 0 Å². The van der Waals surface area contributed by atoms with E-state index in [-0.39, 0.29) is 18.1 Å². The summed E-state index contributed by atoms with van der Waals surface area (Å²) in [6.07, 6.45) is 0.201. The van der Waals surface area contributed by atoms with E-state index in [1.165, 1.54) is 6.92 Å². The molecule has 0 aliphatic carbocycles.